The SMILES string of the molecule is Cn1cc(CC(=O)N2CCC(n3nnc4ccsc4c3=O)CC2)c2ccccc21. The zero-order valence-corrected chi connectivity index (χ0v) is 16.9. The van der Waals surface area contributed by atoms with Crippen LogP contribution in [0.2, 0.25) is 0 Å². The zero-order valence-electron chi connectivity index (χ0n) is 16.1. The molecule has 0 unspecified atom stereocenters. The van der Waals surface area contributed by atoms with Gasteiger partial charge in [0.15, 0.2) is 0 Å². The Hall–Kier alpha value is -3.00. The molecule has 0 spiro atoms. The lowest BCUT2D eigenvalue weighted by molar-refractivity contribution is -0.131. The van der Waals surface area contributed by atoms with Crippen LogP contribution in [0.5, 0.6) is 0 Å². The normalized spacial score (nSPS) is 15.4. The summed E-state index contributed by atoms with van der Waals surface area (Å²) in [5, 5.41) is 11.3. The molecule has 148 valence electrons. The molecule has 3 aromatic heterocycles. The molecule has 1 fully saturated rings. The molecule has 1 aliphatic rings. The summed E-state index contributed by atoms with van der Waals surface area (Å²) in [4.78, 5) is 27.5. The predicted octanol–water partition coefficient (Wildman–Crippen LogP) is 2.75. The Morgan fingerprint density at radius 2 is 2.00 bits per heavy atom. The summed E-state index contributed by atoms with van der Waals surface area (Å²) in [6.45, 7) is 1.26. The minimum Gasteiger partial charge on any atom is -0.350 e. The summed E-state index contributed by atoms with van der Waals surface area (Å²) in [6, 6.07) is 9.95. The van der Waals surface area contributed by atoms with Gasteiger partial charge in [0, 0.05) is 37.2 Å². The maximum Gasteiger partial charge on any atom is 0.287 e. The van der Waals surface area contributed by atoms with E-state index in [1.165, 1.54) is 16.0 Å². The Kier molecular flexibility index (Phi) is 4.43. The molecule has 0 atom stereocenters. The number of hydrogen-bond acceptors (Lipinski definition) is 5. The number of aryl methyl sites for hydroxylation is 1. The first-order valence-electron chi connectivity index (χ1n) is 9.75. The maximum atomic E-state index is 12.9. The van der Waals surface area contributed by atoms with Crippen LogP contribution < -0.4 is 5.56 Å². The lowest BCUT2D eigenvalue weighted by Gasteiger charge is -2.32. The quantitative estimate of drug-likeness (QED) is 0.523. The number of carbonyl (C=O) groups excluding carboxylic acids is 1. The fraction of sp³-hybridized carbons (Fsp3) is 0.333. The fourth-order valence-corrected chi connectivity index (χ4v) is 4.98. The van der Waals surface area contributed by atoms with E-state index < -0.39 is 0 Å². The van der Waals surface area contributed by atoms with Crippen molar-refractivity contribution in [1.82, 2.24) is 24.5 Å². The van der Waals surface area contributed by atoms with Gasteiger partial charge in [-0.15, -0.1) is 16.4 Å². The van der Waals surface area contributed by atoms with E-state index in [9.17, 15) is 9.59 Å². The van der Waals surface area contributed by atoms with E-state index in [4.69, 9.17) is 0 Å². The maximum absolute atomic E-state index is 12.9. The van der Waals surface area contributed by atoms with E-state index in [0.717, 1.165) is 16.5 Å². The van der Waals surface area contributed by atoms with Crippen molar-refractivity contribution in [1.29, 1.82) is 0 Å². The van der Waals surface area contributed by atoms with Crippen molar-refractivity contribution in [2.45, 2.75) is 25.3 Å². The topological polar surface area (TPSA) is 73.0 Å². The first-order valence-corrected chi connectivity index (χ1v) is 10.6. The first-order chi connectivity index (χ1) is 14.1. The van der Waals surface area contributed by atoms with Crippen LogP contribution >= 0.6 is 11.3 Å². The van der Waals surface area contributed by atoms with Crippen LogP contribution in [0.15, 0.2) is 46.7 Å². The standard InChI is InChI=1S/C21H21N5O2S/c1-24-13-14(16-4-2-3-5-18(16)24)12-19(27)25-9-6-15(7-10-25)26-21(28)20-17(22-23-26)8-11-29-20/h2-5,8,11,13,15H,6-7,9-10,12H2,1H3. The Morgan fingerprint density at radius 3 is 2.83 bits per heavy atom. The summed E-state index contributed by atoms with van der Waals surface area (Å²) in [6.07, 6.45) is 3.87. The molecule has 0 N–H and O–H groups in total. The molecule has 4 aromatic rings. The van der Waals surface area contributed by atoms with Crippen molar-refractivity contribution in [3.8, 4) is 0 Å². The average molecular weight is 407 g/mol. The highest BCUT2D eigenvalue weighted by Crippen LogP contribution is 2.24. The number of piperidine rings is 1. The molecule has 0 aliphatic carbocycles. The van der Waals surface area contributed by atoms with Crippen LogP contribution in [0.3, 0.4) is 0 Å². The minimum absolute atomic E-state index is 0.0110. The van der Waals surface area contributed by atoms with E-state index in [1.54, 1.807) is 0 Å². The van der Waals surface area contributed by atoms with Crippen molar-refractivity contribution in [2.24, 2.45) is 7.05 Å². The molecular weight excluding hydrogens is 386 g/mol. The Bertz CT molecular complexity index is 1260. The predicted molar refractivity (Wildman–Crippen MR) is 113 cm³/mol. The van der Waals surface area contributed by atoms with Gasteiger partial charge in [-0.05, 0) is 35.9 Å². The van der Waals surface area contributed by atoms with Crippen molar-refractivity contribution in [3.05, 3.63) is 57.8 Å². The number of aromatic nitrogens is 4. The third kappa shape index (κ3) is 3.13. The molecule has 1 saturated heterocycles. The van der Waals surface area contributed by atoms with Crippen LogP contribution in [0.4, 0.5) is 0 Å². The molecule has 5 rings (SSSR count). The molecule has 8 heteroatoms. The Labute approximate surface area is 171 Å². The molecule has 1 aliphatic heterocycles. The van der Waals surface area contributed by atoms with Crippen LogP contribution in [0.25, 0.3) is 21.1 Å². The van der Waals surface area contributed by atoms with Gasteiger partial charge in [-0.2, -0.15) is 0 Å². The Morgan fingerprint density at radius 1 is 1.21 bits per heavy atom. The number of fused-ring (bicyclic) bond motifs is 2. The molecule has 7 nitrogen and oxygen atoms in total. The molecule has 0 saturated carbocycles. The molecule has 0 bridgehead atoms. The number of benzene rings is 1. The molecule has 4 heterocycles. The zero-order chi connectivity index (χ0) is 20.0. The van der Waals surface area contributed by atoms with Crippen LogP contribution in [0, 0.1) is 0 Å². The lowest BCUT2D eigenvalue weighted by atomic mass is 10.0. The van der Waals surface area contributed by atoms with Gasteiger partial charge in [-0.25, -0.2) is 4.68 Å². The van der Waals surface area contributed by atoms with Gasteiger partial charge >= 0.3 is 0 Å². The number of amides is 1. The summed E-state index contributed by atoms with van der Waals surface area (Å²) < 4.78 is 4.22. The van der Waals surface area contributed by atoms with Gasteiger partial charge in [0.2, 0.25) is 5.91 Å². The number of hydrogen-bond donors (Lipinski definition) is 0. The lowest BCUT2D eigenvalue weighted by Crippen LogP contribution is -2.42. The second kappa shape index (κ2) is 7.11. The molecule has 1 amide bonds. The summed E-state index contributed by atoms with van der Waals surface area (Å²) >= 11 is 1.40. The summed E-state index contributed by atoms with van der Waals surface area (Å²) in [5.41, 5.74) is 2.76. The monoisotopic (exact) mass is 407 g/mol. The largest absolute Gasteiger partial charge is 0.350 e. The number of rotatable bonds is 3. The van der Waals surface area contributed by atoms with Crippen LogP contribution in [0.1, 0.15) is 24.4 Å². The van der Waals surface area contributed by atoms with Crippen molar-refractivity contribution >= 4 is 38.4 Å². The smallest absolute Gasteiger partial charge is 0.287 e. The van der Waals surface area contributed by atoms with Crippen LogP contribution in [-0.2, 0) is 18.3 Å². The van der Waals surface area contributed by atoms with Crippen LogP contribution in [-0.4, -0.2) is 43.5 Å². The third-order valence-corrected chi connectivity index (χ3v) is 6.67. The fourth-order valence-electron chi connectivity index (χ4n) is 4.22. The van der Waals surface area contributed by atoms with E-state index in [2.05, 4.69) is 27.0 Å². The highest BCUT2D eigenvalue weighted by atomic mass is 32.1. The second-order valence-corrected chi connectivity index (χ2v) is 8.46. The minimum atomic E-state index is -0.0782. The second-order valence-electron chi connectivity index (χ2n) is 7.55. The summed E-state index contributed by atoms with van der Waals surface area (Å²) in [5.74, 6) is 0.131. The van der Waals surface area contributed by atoms with E-state index in [0.29, 0.717) is 42.6 Å². The molecular formula is C21H21N5O2S. The van der Waals surface area contributed by atoms with Crippen molar-refractivity contribution in [3.63, 3.8) is 0 Å². The Balaban J connectivity index is 1.29. The average Bonchev–Trinajstić information content (AvgIpc) is 3.34. The number of thiophene rings is 1. The van der Waals surface area contributed by atoms with Gasteiger partial charge in [0.05, 0.1) is 12.5 Å². The summed E-state index contributed by atoms with van der Waals surface area (Å²) in [7, 11) is 2.00. The van der Waals surface area contributed by atoms with E-state index >= 15 is 0 Å². The van der Waals surface area contributed by atoms with Crippen molar-refractivity contribution in [2.75, 3.05) is 13.1 Å². The molecule has 29 heavy (non-hydrogen) atoms. The van der Waals surface area contributed by atoms with Gasteiger partial charge in [-0.3, -0.25) is 9.59 Å². The van der Waals surface area contributed by atoms with Gasteiger partial charge in [-0.1, -0.05) is 23.4 Å². The highest BCUT2D eigenvalue weighted by Gasteiger charge is 2.26. The highest BCUT2D eigenvalue weighted by molar-refractivity contribution is 7.17. The number of para-hydroxylation sites is 1. The van der Waals surface area contributed by atoms with Crippen molar-refractivity contribution < 1.29 is 4.79 Å². The number of carbonyl (C=O) groups is 1. The van der Waals surface area contributed by atoms with Gasteiger partial charge < -0.3 is 9.47 Å². The molecule has 0 radical (unpaired) electrons. The first kappa shape index (κ1) is 18.1. The van der Waals surface area contributed by atoms with E-state index in [1.807, 2.05) is 41.7 Å². The van der Waals surface area contributed by atoms with E-state index in [-0.39, 0.29) is 17.5 Å². The van der Waals surface area contributed by atoms with Gasteiger partial charge in [0.1, 0.15) is 10.2 Å². The third-order valence-electron chi connectivity index (χ3n) is 5.78. The van der Waals surface area contributed by atoms with Gasteiger partial charge in [0.25, 0.3) is 5.56 Å². The number of likely N-dealkylation sites (tertiary alicyclic amines) is 1. The molecule has 1 aromatic carbocycles. The number of nitrogens with zero attached hydrogens (tertiary/aromatic N) is 5.